The topological polar surface area (TPSA) is 413 Å². The zero-order valence-corrected chi connectivity index (χ0v) is 49.4. The maximum absolute atomic E-state index is 12.7. The van der Waals surface area contributed by atoms with Gasteiger partial charge < -0.3 is 99.6 Å². The molecule has 17 atom stereocenters. The molecule has 83 heavy (non-hydrogen) atoms. The van der Waals surface area contributed by atoms with E-state index < -0.39 is 163 Å². The first-order chi connectivity index (χ1) is 39.6. The minimum atomic E-state index is -4.69. The van der Waals surface area contributed by atoms with Crippen molar-refractivity contribution in [3.8, 4) is 0 Å². The van der Waals surface area contributed by atoms with Crippen LogP contribution in [-0.4, -0.2) is 226 Å². The number of aliphatic hydroxyl groups excluding tert-OH is 8. The van der Waals surface area contributed by atoms with Crippen LogP contribution in [0.3, 0.4) is 0 Å². The highest BCUT2D eigenvalue weighted by Gasteiger charge is 2.54. The predicted molar refractivity (Wildman–Crippen MR) is 292 cm³/mol. The van der Waals surface area contributed by atoms with Gasteiger partial charge in [0.1, 0.15) is 73.7 Å². The number of amides is 3. The number of rotatable bonds is 42. The molecule has 29 heteroatoms. The van der Waals surface area contributed by atoms with Crippen LogP contribution in [-0.2, 0) is 75.5 Å². The standard InChI is InChI=1S/C54H96N3O25P/c1-5-6-7-8-9-10-11-12-13-14-15-16-17-18-19-25-42(64)78-37(32-74-36(4)61)33-76-83(71,72)75-29-27-56-41(63)24-21-20-23-40(62)55-26-22-28-73-54-51(82-53-49(70)48(69)44(65)34(2)77-53)50(46(67)39(31-59)80-54)81-52-43(57-35(3)60)47(68)45(66)38(30-58)79-52/h12-13,34,37-39,43-54,58-59,65-70H,5-11,14-33H2,1-4H3,(H,55,62)(H,56,63)(H,57,60)(H,71,72)/b13-12+/t34?,37?,38?,39?,43?,44-,45+,46+,47-,48+,49?,50+,51?,52-,53+,54-/m1/s1. The number of carbonyl (C=O) groups is 5. The van der Waals surface area contributed by atoms with E-state index in [-0.39, 0.29) is 51.3 Å². The summed E-state index contributed by atoms with van der Waals surface area (Å²) in [6.45, 7) is 2.57. The Kier molecular flexibility index (Phi) is 36.4. The smallest absolute Gasteiger partial charge is 0.462 e. The summed E-state index contributed by atoms with van der Waals surface area (Å²) in [7, 11) is -4.69. The molecule has 3 fully saturated rings. The average molecular weight is 1220 g/mol. The summed E-state index contributed by atoms with van der Waals surface area (Å²) in [6.07, 6.45) is -4.02. The Balaban J connectivity index is 1.38. The van der Waals surface area contributed by atoms with Gasteiger partial charge in [0.05, 0.1) is 39.1 Å². The fourth-order valence-electron chi connectivity index (χ4n) is 9.22. The van der Waals surface area contributed by atoms with Gasteiger partial charge in [0.15, 0.2) is 25.0 Å². The highest BCUT2D eigenvalue weighted by Crippen LogP contribution is 2.43. The monoisotopic (exact) mass is 1220 g/mol. The molecule has 482 valence electrons. The Hall–Kier alpha value is -3.36. The Labute approximate surface area is 486 Å². The van der Waals surface area contributed by atoms with E-state index in [1.54, 1.807) is 0 Å². The van der Waals surface area contributed by atoms with Gasteiger partial charge in [0.25, 0.3) is 0 Å². The lowest BCUT2D eigenvalue weighted by molar-refractivity contribution is -0.385. The van der Waals surface area contributed by atoms with Gasteiger partial charge in [-0.05, 0) is 58.3 Å². The number of nitrogens with one attached hydrogen (secondary N) is 3. The molecule has 3 amide bonds. The molecule has 3 aliphatic heterocycles. The maximum Gasteiger partial charge on any atom is 0.472 e. The highest BCUT2D eigenvalue weighted by atomic mass is 31.2. The number of carbonyl (C=O) groups excluding carboxylic acids is 5. The van der Waals surface area contributed by atoms with Crippen LogP contribution >= 0.6 is 7.82 Å². The molecule has 0 radical (unpaired) electrons. The highest BCUT2D eigenvalue weighted by molar-refractivity contribution is 7.47. The third kappa shape index (κ3) is 28.4. The van der Waals surface area contributed by atoms with E-state index in [0.717, 1.165) is 52.4 Å². The van der Waals surface area contributed by atoms with Gasteiger partial charge in [0, 0.05) is 46.2 Å². The SMILES string of the molecule is CCCCCCCC/C=C/CCCCCCCC(=O)OC(COC(C)=O)COP(=O)(O)OCCNC(=O)CCCCC(=O)NCCCO[C@@H]1OC(CO)[C@H](O)[C@H](O[C@H]2OC(CO)[C@H](O)[C@H](O)C2NC(C)=O)C1O[C@@H]1OC(C)[C@@H](O)[C@H](O)C1O. The molecule has 0 aromatic carbocycles. The van der Waals surface area contributed by atoms with E-state index in [9.17, 15) is 74.3 Å². The van der Waals surface area contributed by atoms with Gasteiger partial charge in [-0.3, -0.25) is 33.0 Å². The van der Waals surface area contributed by atoms with Gasteiger partial charge in [-0.2, -0.15) is 0 Å². The largest absolute Gasteiger partial charge is 0.472 e. The number of allylic oxidation sites excluding steroid dienone is 2. The van der Waals surface area contributed by atoms with Crippen molar-refractivity contribution in [1.82, 2.24) is 16.0 Å². The molecule has 8 unspecified atom stereocenters. The van der Waals surface area contributed by atoms with E-state index in [2.05, 4.69) is 35.0 Å². The Morgan fingerprint density at radius 3 is 1.77 bits per heavy atom. The number of hydrogen-bond acceptors (Lipinski definition) is 24. The molecular weight excluding hydrogens is 1120 g/mol. The van der Waals surface area contributed by atoms with Crippen LogP contribution in [0.5, 0.6) is 0 Å². The summed E-state index contributed by atoms with van der Waals surface area (Å²) < 4.78 is 68.1. The molecule has 3 rings (SSSR count). The normalized spacial score (nSPS) is 29.4. The van der Waals surface area contributed by atoms with Crippen molar-refractivity contribution in [3.05, 3.63) is 12.2 Å². The van der Waals surface area contributed by atoms with Crippen LogP contribution in [0.15, 0.2) is 12.2 Å². The lowest BCUT2D eigenvalue weighted by Crippen LogP contribution is -2.68. The Morgan fingerprint density at radius 2 is 1.16 bits per heavy atom. The fourth-order valence-corrected chi connectivity index (χ4v) is 9.97. The van der Waals surface area contributed by atoms with Crippen molar-refractivity contribution in [1.29, 1.82) is 0 Å². The summed E-state index contributed by atoms with van der Waals surface area (Å²) in [5, 5.41) is 92.2. The minimum absolute atomic E-state index is 0.0141. The second-order valence-corrected chi connectivity index (χ2v) is 22.5. The first-order valence-electron chi connectivity index (χ1n) is 29.2. The van der Waals surface area contributed by atoms with Crippen molar-refractivity contribution in [2.45, 2.75) is 248 Å². The quantitative estimate of drug-likeness (QED) is 0.0171. The van der Waals surface area contributed by atoms with E-state index >= 15 is 0 Å². The van der Waals surface area contributed by atoms with Crippen LogP contribution in [0.2, 0.25) is 0 Å². The van der Waals surface area contributed by atoms with Crippen molar-refractivity contribution < 1.29 is 121 Å². The van der Waals surface area contributed by atoms with Gasteiger partial charge in [-0.25, -0.2) is 4.57 Å². The average Bonchev–Trinajstić information content (AvgIpc) is 3.65. The van der Waals surface area contributed by atoms with Crippen LogP contribution in [0.1, 0.15) is 150 Å². The third-order valence-electron chi connectivity index (χ3n) is 13.9. The second-order valence-electron chi connectivity index (χ2n) is 21.0. The van der Waals surface area contributed by atoms with Gasteiger partial charge in [0.2, 0.25) is 17.7 Å². The van der Waals surface area contributed by atoms with Gasteiger partial charge in [-0.15, -0.1) is 0 Å². The molecule has 0 bridgehead atoms. The first-order valence-corrected chi connectivity index (χ1v) is 30.7. The summed E-state index contributed by atoms with van der Waals surface area (Å²) in [4.78, 5) is 71.5. The molecule has 3 saturated heterocycles. The number of phosphoric ester groups is 1. The van der Waals surface area contributed by atoms with Crippen LogP contribution in [0.4, 0.5) is 0 Å². The van der Waals surface area contributed by atoms with Crippen molar-refractivity contribution in [2.24, 2.45) is 0 Å². The van der Waals surface area contributed by atoms with Crippen molar-refractivity contribution in [3.63, 3.8) is 0 Å². The number of aliphatic hydroxyl groups is 8. The van der Waals surface area contributed by atoms with Gasteiger partial charge >= 0.3 is 19.8 Å². The number of esters is 2. The van der Waals surface area contributed by atoms with E-state index in [1.807, 2.05) is 0 Å². The first kappa shape index (κ1) is 73.9. The Bertz CT molecular complexity index is 1940. The summed E-state index contributed by atoms with van der Waals surface area (Å²) in [5.41, 5.74) is 0. The number of hydrogen-bond donors (Lipinski definition) is 12. The van der Waals surface area contributed by atoms with E-state index in [4.69, 9.17) is 46.9 Å². The van der Waals surface area contributed by atoms with Gasteiger partial charge in [-0.1, -0.05) is 70.4 Å². The molecular formula is C54H96N3O25P. The molecule has 0 saturated carbocycles. The lowest BCUT2D eigenvalue weighted by Gasteiger charge is -2.49. The number of unbranched alkanes of at least 4 members (excludes halogenated alkanes) is 12. The zero-order chi connectivity index (χ0) is 61.3. The third-order valence-corrected chi connectivity index (χ3v) is 14.9. The summed E-state index contributed by atoms with van der Waals surface area (Å²) in [5.74, 6) is -2.69. The summed E-state index contributed by atoms with van der Waals surface area (Å²) in [6, 6.07) is -1.49. The van der Waals surface area contributed by atoms with Crippen LogP contribution in [0.25, 0.3) is 0 Å². The fraction of sp³-hybridized carbons (Fsp3) is 0.870. The molecule has 12 N–H and O–H groups in total. The van der Waals surface area contributed by atoms with Crippen LogP contribution < -0.4 is 16.0 Å². The number of phosphoric acid groups is 1. The number of ether oxygens (including phenoxy) is 8. The van der Waals surface area contributed by atoms with Crippen molar-refractivity contribution in [2.75, 3.05) is 52.7 Å². The predicted octanol–water partition coefficient (Wildman–Crippen LogP) is 0.452. The molecule has 0 aliphatic carbocycles. The molecule has 3 aliphatic rings. The summed E-state index contributed by atoms with van der Waals surface area (Å²) >= 11 is 0. The molecule has 0 aromatic heterocycles. The minimum Gasteiger partial charge on any atom is -0.462 e. The van der Waals surface area contributed by atoms with E-state index in [1.165, 1.54) is 45.4 Å². The maximum atomic E-state index is 12.7. The molecule has 0 spiro atoms. The molecule has 28 nitrogen and oxygen atoms in total. The zero-order valence-electron chi connectivity index (χ0n) is 48.5. The molecule has 0 aromatic rings. The van der Waals surface area contributed by atoms with Crippen LogP contribution in [0, 0.1) is 0 Å². The Morgan fingerprint density at radius 1 is 0.590 bits per heavy atom. The lowest BCUT2D eigenvalue weighted by atomic mass is 9.95. The van der Waals surface area contributed by atoms with E-state index in [0.29, 0.717) is 19.3 Å². The second kappa shape index (κ2) is 40.9. The van der Waals surface area contributed by atoms with Crippen molar-refractivity contribution >= 4 is 37.5 Å². The molecule has 3 heterocycles.